The van der Waals surface area contributed by atoms with Crippen molar-refractivity contribution < 1.29 is 42.2 Å². The second-order valence-electron chi connectivity index (χ2n) is 34.4. The van der Waals surface area contributed by atoms with Gasteiger partial charge in [-0.3, -0.25) is 42.9 Å². The van der Waals surface area contributed by atoms with Crippen molar-refractivity contribution in [3.8, 4) is 5.82 Å². The minimum Gasteiger partial charge on any atom is -0.381 e. The summed E-state index contributed by atoms with van der Waals surface area (Å²) < 4.78 is 55.7. The van der Waals surface area contributed by atoms with Gasteiger partial charge in [0.1, 0.15) is 104 Å². The molecule has 1 saturated heterocycles. The molecule has 12 N–H and O–H groups in total. The molecular formula is C90H103ClF2N30O11. The Morgan fingerprint density at radius 1 is 0.433 bits per heavy atom. The van der Waals surface area contributed by atoms with E-state index in [4.69, 9.17) is 25.8 Å². The fourth-order valence-corrected chi connectivity index (χ4v) is 16.9. The number of hydrogen-bond donors (Lipinski definition) is 12. The summed E-state index contributed by atoms with van der Waals surface area (Å²) in [4.78, 5) is 122. The minimum atomic E-state index is -1.03. The highest BCUT2D eigenvalue weighted by Crippen LogP contribution is 2.40. The SMILES string of the molecule is CNc1cc(Nc2cc(Cl)cn(-c3ccc(C4CC4)nn3)c2=O)nc2c(C(=O)N[C@H]3C[C@H]3F)cnn12.CNc1cc(Nc2cccn(C3CCC(OC)CC3)c2=O)nc2c(C(=O)NC3CC3)cnn12.CNc1cc(Nc2cccn(C3CCC(OC)CC3)c2=O)nc2c(C(=O)N[C@H]3C[C@H]3F)cnn12.CNc1cc(Nc2cccn([C@@H]3CCCOC3)c2=O)nc2c(C(=O)NC3CC3)cnn12. The van der Waals surface area contributed by atoms with Crippen molar-refractivity contribution in [3.63, 3.8) is 0 Å². The van der Waals surface area contributed by atoms with Crippen molar-refractivity contribution in [2.45, 2.75) is 188 Å². The van der Waals surface area contributed by atoms with Crippen LogP contribution in [0.25, 0.3) is 28.4 Å². The number of methoxy groups -OCH3 is 2. The second kappa shape index (κ2) is 39.2. The van der Waals surface area contributed by atoms with Crippen LogP contribution in [0.15, 0.2) is 148 Å². The first-order chi connectivity index (χ1) is 65.1. The smallest absolute Gasteiger partial charge is 0.280 e. The van der Waals surface area contributed by atoms with E-state index in [2.05, 4.69) is 114 Å². The van der Waals surface area contributed by atoms with Gasteiger partial charge in [-0.2, -0.15) is 43.6 Å². The van der Waals surface area contributed by atoms with E-state index in [9.17, 15) is 47.1 Å². The molecule has 41 nitrogen and oxygen atoms in total. The van der Waals surface area contributed by atoms with Crippen molar-refractivity contribution in [3.05, 3.63) is 203 Å². The average molecular weight is 1850 g/mol. The van der Waals surface area contributed by atoms with Crippen LogP contribution < -0.4 is 86.0 Å². The van der Waals surface area contributed by atoms with Gasteiger partial charge in [0.2, 0.25) is 0 Å². The van der Waals surface area contributed by atoms with Gasteiger partial charge in [0.15, 0.2) is 28.4 Å². The van der Waals surface area contributed by atoms with Crippen molar-refractivity contribution in [1.29, 1.82) is 0 Å². The number of fused-ring (bicyclic) bond motifs is 4. The van der Waals surface area contributed by atoms with Gasteiger partial charge in [-0.15, -0.1) is 5.10 Å². The maximum Gasteiger partial charge on any atom is 0.280 e. The van der Waals surface area contributed by atoms with Crippen molar-refractivity contribution in [2.24, 2.45) is 0 Å². The number of amides is 4. The highest BCUT2D eigenvalue weighted by molar-refractivity contribution is 6.30. The third kappa shape index (κ3) is 20.0. The Balaban J connectivity index is 0.000000120. The minimum absolute atomic E-state index is 0.0267. The molecule has 0 radical (unpaired) electrons. The molecule has 7 aliphatic carbocycles. The van der Waals surface area contributed by atoms with Crippen LogP contribution in [0.4, 0.5) is 78.1 Å². The lowest BCUT2D eigenvalue weighted by Gasteiger charge is -2.29. The van der Waals surface area contributed by atoms with Gasteiger partial charge in [0.25, 0.3) is 45.9 Å². The van der Waals surface area contributed by atoms with Gasteiger partial charge in [-0.25, -0.2) is 28.7 Å². The molecule has 21 rings (SSSR count). The number of ether oxygens (including phenoxy) is 3. The summed E-state index contributed by atoms with van der Waals surface area (Å²) >= 11 is 6.32. The van der Waals surface area contributed by atoms with Gasteiger partial charge in [-0.05, 0) is 157 Å². The van der Waals surface area contributed by atoms with E-state index in [1.165, 1.54) is 50.6 Å². The van der Waals surface area contributed by atoms with Crippen molar-refractivity contribution in [1.82, 2.24) is 108 Å². The number of alkyl halides is 2. The molecule has 0 bridgehead atoms. The topological polar surface area (TPSA) is 475 Å². The Bertz CT molecular complexity index is 6820. The Labute approximate surface area is 768 Å². The van der Waals surface area contributed by atoms with Gasteiger partial charge < -0.3 is 91.7 Å². The largest absolute Gasteiger partial charge is 0.381 e. The number of aromatic nitrogens is 18. The predicted molar refractivity (Wildman–Crippen MR) is 498 cm³/mol. The van der Waals surface area contributed by atoms with Crippen LogP contribution in [0.5, 0.6) is 0 Å². The number of pyridine rings is 4. The molecular weight excluding hydrogens is 1750 g/mol. The molecule has 4 amide bonds. The van der Waals surface area contributed by atoms with Crippen LogP contribution in [-0.2, 0) is 14.2 Å². The lowest BCUT2D eigenvalue weighted by Crippen LogP contribution is -2.31. The lowest BCUT2D eigenvalue weighted by atomic mass is 9.92. The van der Waals surface area contributed by atoms with E-state index in [0.29, 0.717) is 122 Å². The van der Waals surface area contributed by atoms with Crippen molar-refractivity contribution in [2.75, 3.05) is 98.2 Å². The van der Waals surface area contributed by atoms with E-state index >= 15 is 0 Å². The lowest BCUT2D eigenvalue weighted by molar-refractivity contribution is 0.0579. The average Bonchev–Trinajstić information content (AvgIpc) is 1.61. The summed E-state index contributed by atoms with van der Waals surface area (Å²) in [6.07, 6.45) is 27.2. The van der Waals surface area contributed by atoms with Gasteiger partial charge in [0.05, 0.1) is 72.4 Å². The summed E-state index contributed by atoms with van der Waals surface area (Å²) in [6.45, 7) is 1.27. The fraction of sp³-hybridized carbons (Fsp3) is 0.422. The Kier molecular flexibility index (Phi) is 26.4. The highest BCUT2D eigenvalue weighted by Gasteiger charge is 2.41. The molecule has 700 valence electrons. The summed E-state index contributed by atoms with van der Waals surface area (Å²) in [5, 5.41) is 61.6. The number of halogens is 3. The maximum absolute atomic E-state index is 13.3. The van der Waals surface area contributed by atoms with E-state index in [0.717, 1.165) is 115 Å². The number of nitrogens with zero attached hydrogens (tertiary/aromatic N) is 18. The molecule has 7 saturated carbocycles. The van der Waals surface area contributed by atoms with Crippen LogP contribution in [0.3, 0.4) is 0 Å². The molecule has 13 aromatic heterocycles. The van der Waals surface area contributed by atoms with Crippen LogP contribution in [0.1, 0.15) is 187 Å². The van der Waals surface area contributed by atoms with Crippen molar-refractivity contribution >= 4 is 127 Å². The predicted octanol–water partition coefficient (Wildman–Crippen LogP) is 10.1. The third-order valence-electron chi connectivity index (χ3n) is 24.9. The Morgan fingerprint density at radius 3 is 1.12 bits per heavy atom. The molecule has 0 aromatic carbocycles. The number of hydrogen-bond acceptors (Lipinski definition) is 29. The third-order valence-corrected chi connectivity index (χ3v) is 25.1. The van der Waals surface area contributed by atoms with Gasteiger partial charge in [0, 0.05) is 141 Å². The molecule has 13 aromatic rings. The first-order valence-electron chi connectivity index (χ1n) is 45.0. The van der Waals surface area contributed by atoms with Gasteiger partial charge >= 0.3 is 0 Å². The zero-order valence-corrected chi connectivity index (χ0v) is 75.1. The second-order valence-corrected chi connectivity index (χ2v) is 34.8. The van der Waals surface area contributed by atoms with E-state index in [1.54, 1.807) is 120 Å². The molecule has 5 atom stereocenters. The molecule has 134 heavy (non-hydrogen) atoms. The number of nitrogens with one attached hydrogen (secondary N) is 12. The highest BCUT2D eigenvalue weighted by atomic mass is 35.5. The molecule has 1 aliphatic heterocycles. The molecule has 8 fully saturated rings. The summed E-state index contributed by atoms with van der Waals surface area (Å²) in [6, 6.07) is 22.5. The van der Waals surface area contributed by atoms with Crippen LogP contribution in [0.2, 0.25) is 5.02 Å². The normalized spacial score (nSPS) is 20.5. The van der Waals surface area contributed by atoms with E-state index in [1.807, 2.05) is 36.7 Å². The molecule has 44 heteroatoms. The Morgan fingerprint density at radius 2 is 0.799 bits per heavy atom. The number of rotatable bonds is 27. The summed E-state index contributed by atoms with van der Waals surface area (Å²) in [5.41, 5.74) is 4.15. The van der Waals surface area contributed by atoms with Gasteiger partial charge in [-0.1, -0.05) is 11.6 Å². The molecule has 8 aliphatic rings. The molecule has 14 heterocycles. The number of carbonyl (C=O) groups is 4. The van der Waals surface area contributed by atoms with Crippen LogP contribution >= 0.6 is 11.6 Å². The number of anilines is 12. The summed E-state index contributed by atoms with van der Waals surface area (Å²) in [5.74, 6) is 3.48. The summed E-state index contributed by atoms with van der Waals surface area (Å²) in [7, 11) is 10.4. The first kappa shape index (κ1) is 90.2. The van der Waals surface area contributed by atoms with Crippen LogP contribution in [-0.4, -0.2) is 215 Å². The zero-order valence-electron chi connectivity index (χ0n) is 74.4. The monoisotopic (exact) mass is 1850 g/mol. The van der Waals surface area contributed by atoms with E-state index in [-0.39, 0.29) is 99.2 Å². The Hall–Kier alpha value is -14.3. The number of carbonyl (C=O) groups excluding carboxylic acids is 4. The molecule has 0 spiro atoms. The quantitative estimate of drug-likeness (QED) is 0.0228. The fourth-order valence-electron chi connectivity index (χ4n) is 16.7. The van der Waals surface area contributed by atoms with Crippen LogP contribution in [0, 0.1) is 0 Å². The maximum atomic E-state index is 13.3. The zero-order chi connectivity index (χ0) is 93.1. The first-order valence-corrected chi connectivity index (χ1v) is 45.4. The van der Waals surface area contributed by atoms with E-state index < -0.39 is 41.8 Å². The molecule has 0 unspecified atom stereocenters. The standard InChI is InChI=1S/C23H21ClFN9O2.C23H28FN7O3.C23H29N7O3.C21H25N7O3/c1-26-20-8-18(30-21-13(9-27-34(20)21)22(35)29-16-7-14(16)25)28-17-6-12(24)10-33(23(17)36)19-5-4-15(31-32-19)11-2-3-11;1-25-20-11-19(29-21-15(12-26-31(20)21)22(32)28-18-10-16(18)24)27-17-4-3-9-30(23(17)33)13-5-7-14(34-2)8-6-13;1-24-20-12-19(28-21-17(13-25-30(20)21)22(31)26-14-5-6-14)27-18-4-3-11-29(23(18)32)15-7-9-16(33-2)10-8-15;1-22-18-10-17(26-19-15(11-23-28(18)19)20(29)24-13-6-7-13)25-16-5-2-8-27(21(16)30)14-4-3-9-31-12-14/h4-6,8-11,14,16,26H,2-3,7H2,1H3,(H,28,30)(H,29,35);3-4,9,11-14,16,18,25H,5-8,10H2,1-2H3,(H,27,29)(H,28,32);3-4,11-16,24H,5-10H2,1-2H3,(H,26,31)(H,27,28);2,5,8,10-11,13-14,22H,3-4,6-7,9,12H2,1H3,(H,24,29)(H,25,26)/t14-,16+;13?,14?,16-,18+;;14-/m11.1/s1.